The number of nitrogens with zero attached hydrogens (tertiary/aromatic N) is 4. The first-order chi connectivity index (χ1) is 11.0. The van der Waals surface area contributed by atoms with Gasteiger partial charge in [-0.3, -0.25) is 9.69 Å². The summed E-state index contributed by atoms with van der Waals surface area (Å²) in [6.45, 7) is 1.82. The summed E-state index contributed by atoms with van der Waals surface area (Å²) >= 11 is 5.77. The fourth-order valence-electron chi connectivity index (χ4n) is 2.42. The van der Waals surface area contributed by atoms with Crippen molar-refractivity contribution in [3.05, 3.63) is 40.9 Å². The molecule has 1 fully saturated rings. The van der Waals surface area contributed by atoms with Gasteiger partial charge in [0.2, 0.25) is 5.91 Å². The van der Waals surface area contributed by atoms with Crippen LogP contribution in [0.2, 0.25) is 5.02 Å². The highest BCUT2D eigenvalue weighted by Crippen LogP contribution is 2.19. The number of rotatable bonds is 4. The molecule has 1 saturated heterocycles. The van der Waals surface area contributed by atoms with Crippen LogP contribution in [0, 0.1) is 5.82 Å². The number of aromatic nitrogens is 3. The molecule has 122 valence electrons. The standard InChI is InChI=1S/C14H15ClFN5O2/c15-11-5-10(1-2-12(11)16)21-7-9(18-19-21)6-20-3-4-23-8-13(20)14(17)22/h1-2,5,7,13H,3-4,6,8H2,(H2,17,22)/t13-/m0/s1. The predicted octanol–water partition coefficient (Wildman–Crippen LogP) is 0.746. The van der Waals surface area contributed by atoms with E-state index in [1.807, 2.05) is 4.90 Å². The molecular formula is C14H15ClFN5O2. The predicted molar refractivity (Wildman–Crippen MR) is 80.5 cm³/mol. The molecule has 7 nitrogen and oxygen atoms in total. The maximum Gasteiger partial charge on any atom is 0.237 e. The van der Waals surface area contributed by atoms with Crippen LogP contribution in [0.15, 0.2) is 24.4 Å². The van der Waals surface area contributed by atoms with Gasteiger partial charge in [0.05, 0.1) is 35.8 Å². The molecule has 0 radical (unpaired) electrons. The summed E-state index contributed by atoms with van der Waals surface area (Å²) < 4.78 is 20.0. The van der Waals surface area contributed by atoms with Gasteiger partial charge in [-0.1, -0.05) is 16.8 Å². The molecule has 2 heterocycles. The van der Waals surface area contributed by atoms with Gasteiger partial charge in [0, 0.05) is 13.1 Å². The van der Waals surface area contributed by atoms with E-state index in [1.165, 1.54) is 16.8 Å². The second-order valence-electron chi connectivity index (χ2n) is 5.22. The van der Waals surface area contributed by atoms with Crippen LogP contribution >= 0.6 is 11.6 Å². The normalized spacial score (nSPS) is 19.0. The van der Waals surface area contributed by atoms with Gasteiger partial charge in [-0.15, -0.1) is 5.10 Å². The van der Waals surface area contributed by atoms with Crippen LogP contribution in [0.4, 0.5) is 4.39 Å². The number of carbonyl (C=O) groups excluding carboxylic acids is 1. The third-order valence-corrected chi connectivity index (χ3v) is 3.93. The fraction of sp³-hybridized carbons (Fsp3) is 0.357. The summed E-state index contributed by atoms with van der Waals surface area (Å²) in [5, 5.41) is 8.09. The van der Waals surface area contributed by atoms with Crippen molar-refractivity contribution in [2.75, 3.05) is 19.8 Å². The zero-order valence-electron chi connectivity index (χ0n) is 12.2. The molecule has 1 amide bonds. The monoisotopic (exact) mass is 339 g/mol. The molecule has 1 aliphatic rings. The summed E-state index contributed by atoms with van der Waals surface area (Å²) in [7, 11) is 0. The van der Waals surface area contributed by atoms with Crippen LogP contribution in [0.25, 0.3) is 5.69 Å². The molecule has 1 atom stereocenters. The van der Waals surface area contributed by atoms with Gasteiger partial charge in [0.25, 0.3) is 0 Å². The zero-order valence-corrected chi connectivity index (χ0v) is 12.9. The van der Waals surface area contributed by atoms with Crippen molar-refractivity contribution in [1.29, 1.82) is 0 Å². The molecule has 2 N–H and O–H groups in total. The van der Waals surface area contributed by atoms with E-state index in [-0.39, 0.29) is 11.6 Å². The van der Waals surface area contributed by atoms with E-state index in [9.17, 15) is 9.18 Å². The Balaban J connectivity index is 1.76. The minimum Gasteiger partial charge on any atom is -0.378 e. The Labute approximate surface area is 136 Å². The number of primary amides is 1. The summed E-state index contributed by atoms with van der Waals surface area (Å²) in [6.07, 6.45) is 1.71. The van der Waals surface area contributed by atoms with E-state index in [1.54, 1.807) is 12.3 Å². The first kappa shape index (κ1) is 15.9. The lowest BCUT2D eigenvalue weighted by atomic mass is 10.2. The Morgan fingerprint density at radius 3 is 3.09 bits per heavy atom. The number of halogens is 2. The SMILES string of the molecule is NC(=O)[C@@H]1COCCN1Cc1cn(-c2ccc(F)c(Cl)c2)nn1. The summed E-state index contributed by atoms with van der Waals surface area (Å²) in [5.74, 6) is -0.921. The molecule has 0 bridgehead atoms. The van der Waals surface area contributed by atoms with Crippen molar-refractivity contribution in [3.63, 3.8) is 0 Å². The van der Waals surface area contributed by atoms with Crippen LogP contribution < -0.4 is 5.73 Å². The lowest BCUT2D eigenvalue weighted by Crippen LogP contribution is -2.51. The molecule has 1 aromatic carbocycles. The van der Waals surface area contributed by atoms with Crippen molar-refractivity contribution in [3.8, 4) is 5.69 Å². The number of amides is 1. The number of hydrogen-bond donors (Lipinski definition) is 1. The molecular weight excluding hydrogens is 325 g/mol. The summed E-state index contributed by atoms with van der Waals surface area (Å²) in [5.41, 5.74) is 6.65. The van der Waals surface area contributed by atoms with E-state index in [0.29, 0.717) is 31.1 Å². The topological polar surface area (TPSA) is 86.3 Å². The molecule has 1 aliphatic heterocycles. The third kappa shape index (κ3) is 3.49. The fourth-order valence-corrected chi connectivity index (χ4v) is 2.60. The average Bonchev–Trinajstić information content (AvgIpc) is 2.99. The van der Waals surface area contributed by atoms with E-state index < -0.39 is 17.8 Å². The summed E-state index contributed by atoms with van der Waals surface area (Å²) in [6, 6.07) is 3.82. The second kappa shape index (κ2) is 6.61. The minimum atomic E-state index is -0.492. The van der Waals surface area contributed by atoms with Crippen LogP contribution in [-0.2, 0) is 16.1 Å². The van der Waals surface area contributed by atoms with E-state index in [4.69, 9.17) is 22.1 Å². The number of carbonyl (C=O) groups is 1. The largest absolute Gasteiger partial charge is 0.378 e. The van der Waals surface area contributed by atoms with Gasteiger partial charge in [0.15, 0.2) is 0 Å². The average molecular weight is 340 g/mol. The molecule has 23 heavy (non-hydrogen) atoms. The quantitative estimate of drug-likeness (QED) is 0.888. The van der Waals surface area contributed by atoms with Gasteiger partial charge in [-0.25, -0.2) is 9.07 Å². The van der Waals surface area contributed by atoms with Crippen molar-refractivity contribution in [2.24, 2.45) is 5.73 Å². The van der Waals surface area contributed by atoms with Crippen LogP contribution in [-0.4, -0.2) is 51.6 Å². The first-order valence-electron chi connectivity index (χ1n) is 7.02. The molecule has 9 heteroatoms. The Kier molecular flexibility index (Phi) is 4.56. The second-order valence-corrected chi connectivity index (χ2v) is 5.62. The van der Waals surface area contributed by atoms with Crippen molar-refractivity contribution in [2.45, 2.75) is 12.6 Å². The molecule has 2 aromatic rings. The molecule has 0 aliphatic carbocycles. The Morgan fingerprint density at radius 2 is 2.35 bits per heavy atom. The number of hydrogen-bond acceptors (Lipinski definition) is 5. The molecule has 3 rings (SSSR count). The smallest absolute Gasteiger partial charge is 0.237 e. The number of ether oxygens (including phenoxy) is 1. The van der Waals surface area contributed by atoms with Gasteiger partial charge in [-0.05, 0) is 18.2 Å². The van der Waals surface area contributed by atoms with E-state index >= 15 is 0 Å². The van der Waals surface area contributed by atoms with Crippen LogP contribution in [0.1, 0.15) is 5.69 Å². The molecule has 0 saturated carbocycles. The van der Waals surface area contributed by atoms with Crippen LogP contribution in [0.5, 0.6) is 0 Å². The summed E-state index contributed by atoms with van der Waals surface area (Å²) in [4.78, 5) is 13.4. The molecule has 0 unspecified atom stereocenters. The first-order valence-corrected chi connectivity index (χ1v) is 7.40. The maximum absolute atomic E-state index is 13.2. The highest BCUT2D eigenvalue weighted by atomic mass is 35.5. The number of benzene rings is 1. The molecule has 1 aromatic heterocycles. The number of nitrogens with two attached hydrogens (primary N) is 1. The Bertz CT molecular complexity index is 723. The Hall–Kier alpha value is -2.03. The third-order valence-electron chi connectivity index (χ3n) is 3.64. The lowest BCUT2D eigenvalue weighted by Gasteiger charge is -2.32. The van der Waals surface area contributed by atoms with Crippen molar-refractivity contribution >= 4 is 17.5 Å². The van der Waals surface area contributed by atoms with E-state index in [0.717, 1.165) is 0 Å². The van der Waals surface area contributed by atoms with Crippen molar-refractivity contribution < 1.29 is 13.9 Å². The van der Waals surface area contributed by atoms with Gasteiger partial charge in [-0.2, -0.15) is 0 Å². The van der Waals surface area contributed by atoms with Gasteiger partial charge in [0.1, 0.15) is 11.9 Å². The highest BCUT2D eigenvalue weighted by molar-refractivity contribution is 6.30. The highest BCUT2D eigenvalue weighted by Gasteiger charge is 2.28. The zero-order chi connectivity index (χ0) is 16.4. The van der Waals surface area contributed by atoms with Gasteiger partial charge < -0.3 is 10.5 Å². The number of morpholine rings is 1. The van der Waals surface area contributed by atoms with Crippen LogP contribution in [0.3, 0.4) is 0 Å². The lowest BCUT2D eigenvalue weighted by molar-refractivity contribution is -0.129. The van der Waals surface area contributed by atoms with E-state index in [2.05, 4.69) is 10.3 Å². The van der Waals surface area contributed by atoms with Gasteiger partial charge >= 0.3 is 0 Å². The Morgan fingerprint density at radius 1 is 1.52 bits per heavy atom. The minimum absolute atomic E-state index is 0.0153. The maximum atomic E-state index is 13.2. The van der Waals surface area contributed by atoms with Crippen molar-refractivity contribution in [1.82, 2.24) is 19.9 Å². The molecule has 0 spiro atoms.